The van der Waals surface area contributed by atoms with E-state index in [0.717, 1.165) is 49.7 Å². The average Bonchev–Trinajstić information content (AvgIpc) is 3.14. The van der Waals surface area contributed by atoms with Crippen LogP contribution in [0.4, 0.5) is 9.59 Å². The average molecular weight is 779 g/mol. The van der Waals surface area contributed by atoms with Crippen molar-refractivity contribution < 1.29 is 28.7 Å². The number of ether oxygens (including phenoxy) is 2. The first-order chi connectivity index (χ1) is 26.7. The molecule has 2 rings (SSSR count). The number of unbranched alkanes of at least 4 members (excludes halogenated alkanes) is 9. The van der Waals surface area contributed by atoms with Crippen LogP contribution in [0.2, 0.25) is 0 Å². The molecule has 0 aromatic heterocycles. The lowest BCUT2D eigenvalue weighted by molar-refractivity contribution is -0.121. The van der Waals surface area contributed by atoms with E-state index in [1.165, 1.54) is 25.7 Å². The van der Waals surface area contributed by atoms with Crippen LogP contribution in [0.15, 0.2) is 60.7 Å². The van der Waals surface area contributed by atoms with Gasteiger partial charge in [0, 0.05) is 52.1 Å². The fourth-order valence-corrected chi connectivity index (χ4v) is 6.24. The summed E-state index contributed by atoms with van der Waals surface area (Å²) in [5, 5.41) is 5.99. The SMILES string of the molecule is CC(C)(C)OC(=O)N(CCCCCCCCCCCCN(CCCNC(=O)CCc1ccccc1)C(=O)OC(C)(C)C)CCCNC(=O)CCc1ccccc1. The summed E-state index contributed by atoms with van der Waals surface area (Å²) in [6.07, 6.45) is 14.1. The van der Waals surface area contributed by atoms with Crippen molar-refractivity contribution in [3.8, 4) is 0 Å². The van der Waals surface area contributed by atoms with E-state index in [9.17, 15) is 19.2 Å². The Morgan fingerprint density at radius 1 is 0.464 bits per heavy atom. The molecule has 0 radical (unpaired) electrons. The van der Waals surface area contributed by atoms with Crippen molar-refractivity contribution in [3.63, 3.8) is 0 Å². The molecule has 0 saturated heterocycles. The molecule has 314 valence electrons. The molecule has 4 amide bonds. The minimum absolute atomic E-state index is 0.0306. The van der Waals surface area contributed by atoms with Gasteiger partial charge >= 0.3 is 12.2 Å². The van der Waals surface area contributed by atoms with E-state index in [2.05, 4.69) is 10.6 Å². The Labute approximate surface area is 338 Å². The molecule has 0 aliphatic carbocycles. The third-order valence-electron chi connectivity index (χ3n) is 9.23. The molecule has 56 heavy (non-hydrogen) atoms. The van der Waals surface area contributed by atoms with Crippen LogP contribution >= 0.6 is 0 Å². The zero-order valence-corrected chi connectivity index (χ0v) is 35.7. The molecule has 0 spiro atoms. The van der Waals surface area contributed by atoms with Crippen molar-refractivity contribution in [1.29, 1.82) is 0 Å². The summed E-state index contributed by atoms with van der Waals surface area (Å²) >= 11 is 0. The van der Waals surface area contributed by atoms with E-state index in [1.807, 2.05) is 102 Å². The molecule has 2 aromatic rings. The van der Waals surface area contributed by atoms with Gasteiger partial charge in [-0.2, -0.15) is 0 Å². The topological polar surface area (TPSA) is 117 Å². The molecule has 0 aliphatic rings. The van der Waals surface area contributed by atoms with Crippen molar-refractivity contribution in [2.24, 2.45) is 0 Å². The highest BCUT2D eigenvalue weighted by Crippen LogP contribution is 2.15. The van der Waals surface area contributed by atoms with Gasteiger partial charge in [0.05, 0.1) is 0 Å². The van der Waals surface area contributed by atoms with Crippen LogP contribution in [-0.4, -0.2) is 84.3 Å². The monoisotopic (exact) mass is 779 g/mol. The number of benzene rings is 2. The molecule has 0 bridgehead atoms. The fraction of sp³-hybridized carbons (Fsp3) is 0.652. The molecule has 2 aromatic carbocycles. The fourth-order valence-electron chi connectivity index (χ4n) is 6.24. The smallest absolute Gasteiger partial charge is 0.410 e. The van der Waals surface area contributed by atoms with Crippen LogP contribution in [0.3, 0.4) is 0 Å². The van der Waals surface area contributed by atoms with Gasteiger partial charge in [0.1, 0.15) is 11.2 Å². The first-order valence-electron chi connectivity index (χ1n) is 21.3. The highest BCUT2D eigenvalue weighted by atomic mass is 16.6. The second kappa shape index (κ2) is 27.5. The predicted molar refractivity (Wildman–Crippen MR) is 227 cm³/mol. The number of carbonyl (C=O) groups excluding carboxylic acids is 4. The summed E-state index contributed by atoms with van der Waals surface area (Å²) in [4.78, 5) is 54.0. The van der Waals surface area contributed by atoms with Gasteiger partial charge in [0.25, 0.3) is 0 Å². The second-order valence-corrected chi connectivity index (χ2v) is 16.8. The van der Waals surface area contributed by atoms with Crippen molar-refractivity contribution in [2.75, 3.05) is 39.3 Å². The highest BCUT2D eigenvalue weighted by molar-refractivity contribution is 5.76. The van der Waals surface area contributed by atoms with E-state index in [0.29, 0.717) is 77.8 Å². The molecule has 0 saturated carbocycles. The summed E-state index contributed by atoms with van der Waals surface area (Å²) in [6, 6.07) is 20.0. The standard InChI is InChI=1S/C46H74N4O6/c1-45(2,3)55-43(53)49(37-23-33-47-41(51)31-29-39-25-17-15-18-26-39)35-21-13-11-9-7-8-10-12-14-22-36-50(44(54)56-46(4,5)6)38-24-34-48-42(52)32-30-40-27-19-16-20-28-40/h15-20,25-28H,7-14,21-24,29-38H2,1-6H3,(H,47,51)(H,48,52). The van der Waals surface area contributed by atoms with Crippen LogP contribution in [0.25, 0.3) is 0 Å². The van der Waals surface area contributed by atoms with Crippen LogP contribution in [0, 0.1) is 0 Å². The van der Waals surface area contributed by atoms with Crippen molar-refractivity contribution in [2.45, 2.75) is 155 Å². The lowest BCUT2D eigenvalue weighted by atomic mass is 10.1. The molecular weight excluding hydrogens is 705 g/mol. The molecule has 0 heterocycles. The number of nitrogens with zero attached hydrogens (tertiary/aromatic N) is 2. The molecule has 0 fully saturated rings. The lowest BCUT2D eigenvalue weighted by Gasteiger charge is -2.27. The second-order valence-electron chi connectivity index (χ2n) is 16.8. The Bertz CT molecular complexity index is 1270. The molecule has 10 nitrogen and oxygen atoms in total. The highest BCUT2D eigenvalue weighted by Gasteiger charge is 2.23. The third kappa shape index (κ3) is 25.2. The van der Waals surface area contributed by atoms with E-state index in [4.69, 9.17) is 9.47 Å². The maximum atomic E-state index is 12.9. The van der Waals surface area contributed by atoms with Gasteiger partial charge in [0.2, 0.25) is 11.8 Å². The number of rotatable bonds is 27. The predicted octanol–water partition coefficient (Wildman–Crippen LogP) is 9.64. The first kappa shape index (κ1) is 48.1. The van der Waals surface area contributed by atoms with E-state index in [1.54, 1.807) is 9.80 Å². The van der Waals surface area contributed by atoms with Gasteiger partial charge in [-0.05, 0) is 91.2 Å². The number of nitrogens with one attached hydrogen (secondary N) is 2. The largest absolute Gasteiger partial charge is 0.444 e. The van der Waals surface area contributed by atoms with Gasteiger partial charge in [-0.25, -0.2) is 9.59 Å². The van der Waals surface area contributed by atoms with Crippen molar-refractivity contribution in [3.05, 3.63) is 71.8 Å². The maximum Gasteiger partial charge on any atom is 0.410 e. The van der Waals surface area contributed by atoms with E-state index < -0.39 is 11.2 Å². The normalized spacial score (nSPS) is 11.5. The summed E-state index contributed by atoms with van der Waals surface area (Å²) in [7, 11) is 0. The first-order valence-corrected chi connectivity index (χ1v) is 21.3. The number of hydrogen-bond acceptors (Lipinski definition) is 6. The van der Waals surface area contributed by atoms with E-state index in [-0.39, 0.29) is 24.0 Å². The molecule has 0 unspecified atom stereocenters. The van der Waals surface area contributed by atoms with Gasteiger partial charge in [0.15, 0.2) is 0 Å². The molecule has 0 aliphatic heterocycles. The Hall–Kier alpha value is -4.08. The summed E-state index contributed by atoms with van der Waals surface area (Å²) in [6.45, 7) is 14.8. The minimum Gasteiger partial charge on any atom is -0.444 e. The Morgan fingerprint density at radius 2 is 0.768 bits per heavy atom. The van der Waals surface area contributed by atoms with E-state index >= 15 is 0 Å². The van der Waals surface area contributed by atoms with Crippen molar-refractivity contribution >= 4 is 24.0 Å². The van der Waals surface area contributed by atoms with Crippen LogP contribution in [-0.2, 0) is 31.9 Å². The van der Waals surface area contributed by atoms with Gasteiger partial charge in [-0.15, -0.1) is 0 Å². The summed E-state index contributed by atoms with van der Waals surface area (Å²) in [5.74, 6) is 0.0612. The molecular formula is C46H74N4O6. The molecule has 2 N–H and O–H groups in total. The Kier molecular flexibility index (Phi) is 23.6. The van der Waals surface area contributed by atoms with Crippen molar-refractivity contribution in [1.82, 2.24) is 20.4 Å². The number of carbonyl (C=O) groups is 4. The summed E-state index contributed by atoms with van der Waals surface area (Å²) in [5.41, 5.74) is 1.19. The molecule has 0 atom stereocenters. The molecule has 10 heteroatoms. The number of aryl methyl sites for hydroxylation is 2. The maximum absolute atomic E-state index is 12.9. The van der Waals surface area contributed by atoms with Crippen LogP contribution in [0.5, 0.6) is 0 Å². The van der Waals surface area contributed by atoms with Gasteiger partial charge in [-0.1, -0.05) is 112 Å². The third-order valence-corrected chi connectivity index (χ3v) is 9.23. The Balaban J connectivity index is 1.58. The summed E-state index contributed by atoms with van der Waals surface area (Å²) < 4.78 is 11.3. The zero-order chi connectivity index (χ0) is 41.1. The number of hydrogen-bond donors (Lipinski definition) is 2. The van der Waals surface area contributed by atoms with Crippen LogP contribution in [0.1, 0.15) is 143 Å². The Morgan fingerprint density at radius 3 is 1.09 bits per heavy atom. The number of amides is 4. The minimum atomic E-state index is -0.554. The quantitative estimate of drug-likeness (QED) is 0.0873. The van der Waals surface area contributed by atoms with Gasteiger partial charge in [-0.3, -0.25) is 9.59 Å². The van der Waals surface area contributed by atoms with Gasteiger partial charge < -0.3 is 29.9 Å². The zero-order valence-electron chi connectivity index (χ0n) is 35.7. The lowest BCUT2D eigenvalue weighted by Crippen LogP contribution is -2.39. The van der Waals surface area contributed by atoms with Crippen LogP contribution < -0.4 is 10.6 Å².